The first-order chi connectivity index (χ1) is 8.12. The highest BCUT2D eigenvalue weighted by Crippen LogP contribution is 2.22. The first-order valence-electron chi connectivity index (χ1n) is 4.55. The van der Waals surface area contributed by atoms with Crippen molar-refractivity contribution in [1.29, 1.82) is 5.26 Å². The lowest BCUT2D eigenvalue weighted by atomic mass is 10.5. The Bertz CT molecular complexity index is 656. The SMILES string of the molecule is N#Cc1ccc(S(=O)(=O)Nc2ccccn2)s1. The Morgan fingerprint density at radius 3 is 2.71 bits per heavy atom. The molecule has 0 aromatic carbocycles. The molecule has 2 rings (SSSR count). The first-order valence-corrected chi connectivity index (χ1v) is 6.85. The van der Waals surface area contributed by atoms with E-state index in [4.69, 9.17) is 5.26 Å². The maximum Gasteiger partial charge on any atom is 0.272 e. The number of aromatic nitrogens is 1. The predicted octanol–water partition coefficient (Wildman–Crippen LogP) is 1.82. The molecule has 0 aliphatic heterocycles. The van der Waals surface area contributed by atoms with Gasteiger partial charge in [0.15, 0.2) is 0 Å². The average molecular weight is 265 g/mol. The smallest absolute Gasteiger partial charge is 0.263 e. The van der Waals surface area contributed by atoms with Gasteiger partial charge in [-0.1, -0.05) is 6.07 Å². The standard InChI is InChI=1S/C10H7N3O2S2/c11-7-8-4-5-10(16-8)17(14,15)13-9-3-1-2-6-12-9/h1-6H,(H,12,13). The molecule has 0 unspecified atom stereocenters. The average Bonchev–Trinajstić information content (AvgIpc) is 2.79. The molecule has 5 nitrogen and oxygen atoms in total. The number of hydrogen-bond acceptors (Lipinski definition) is 5. The van der Waals surface area contributed by atoms with E-state index in [1.807, 2.05) is 6.07 Å². The van der Waals surface area contributed by atoms with Crippen molar-refractivity contribution in [2.75, 3.05) is 4.72 Å². The van der Waals surface area contributed by atoms with Crippen LogP contribution in [0.25, 0.3) is 0 Å². The Balaban J connectivity index is 2.29. The van der Waals surface area contributed by atoms with Gasteiger partial charge in [-0.3, -0.25) is 4.72 Å². The second-order valence-corrected chi connectivity index (χ2v) is 6.04. The summed E-state index contributed by atoms with van der Waals surface area (Å²) < 4.78 is 26.2. The highest BCUT2D eigenvalue weighted by Gasteiger charge is 2.17. The Labute approximate surface area is 102 Å². The van der Waals surface area contributed by atoms with Gasteiger partial charge in [0.2, 0.25) is 0 Å². The largest absolute Gasteiger partial charge is 0.272 e. The topological polar surface area (TPSA) is 82.8 Å². The molecular formula is C10H7N3O2S2. The van der Waals surface area contributed by atoms with Crippen molar-refractivity contribution in [2.45, 2.75) is 4.21 Å². The van der Waals surface area contributed by atoms with Gasteiger partial charge in [-0.05, 0) is 24.3 Å². The van der Waals surface area contributed by atoms with Gasteiger partial charge in [0.05, 0.1) is 0 Å². The van der Waals surface area contributed by atoms with E-state index in [1.54, 1.807) is 18.2 Å². The zero-order valence-electron chi connectivity index (χ0n) is 8.49. The minimum absolute atomic E-state index is 0.0969. The van der Waals surface area contributed by atoms with Crippen molar-refractivity contribution < 1.29 is 8.42 Å². The molecule has 7 heteroatoms. The summed E-state index contributed by atoms with van der Waals surface area (Å²) in [7, 11) is -3.65. The molecular weight excluding hydrogens is 258 g/mol. The zero-order chi connectivity index (χ0) is 12.3. The van der Waals surface area contributed by atoms with Gasteiger partial charge in [-0.15, -0.1) is 11.3 Å². The van der Waals surface area contributed by atoms with Gasteiger partial charge in [0.1, 0.15) is 21.0 Å². The molecule has 0 spiro atoms. The van der Waals surface area contributed by atoms with Gasteiger partial charge in [-0.25, -0.2) is 13.4 Å². The summed E-state index contributed by atoms with van der Waals surface area (Å²) in [6.07, 6.45) is 1.49. The third-order valence-corrected chi connectivity index (χ3v) is 4.70. The second kappa shape index (κ2) is 4.53. The molecule has 0 saturated heterocycles. The number of nitrogens with one attached hydrogen (secondary N) is 1. The fourth-order valence-corrected chi connectivity index (χ4v) is 3.25. The molecule has 17 heavy (non-hydrogen) atoms. The summed E-state index contributed by atoms with van der Waals surface area (Å²) in [5, 5.41) is 8.64. The van der Waals surface area contributed by atoms with Crippen molar-refractivity contribution >= 4 is 27.2 Å². The van der Waals surface area contributed by atoms with Crippen LogP contribution in [0.15, 0.2) is 40.7 Å². The molecule has 0 saturated carbocycles. The molecule has 2 heterocycles. The summed E-state index contributed by atoms with van der Waals surface area (Å²) in [4.78, 5) is 4.22. The lowest BCUT2D eigenvalue weighted by molar-refractivity contribution is 0.603. The van der Waals surface area contributed by atoms with Crippen LogP contribution in [-0.2, 0) is 10.0 Å². The number of sulfonamides is 1. The van der Waals surface area contributed by atoms with Crippen LogP contribution in [0.4, 0.5) is 5.82 Å². The molecule has 0 aliphatic carbocycles. The number of hydrogen-bond donors (Lipinski definition) is 1. The van der Waals surface area contributed by atoms with Crippen LogP contribution in [0.1, 0.15) is 4.88 Å². The summed E-state index contributed by atoms with van der Waals surface area (Å²) in [6, 6.07) is 9.68. The molecule has 86 valence electrons. The summed E-state index contributed by atoms with van der Waals surface area (Å²) in [6.45, 7) is 0. The Morgan fingerprint density at radius 1 is 1.29 bits per heavy atom. The van der Waals surface area contributed by atoms with Crippen LogP contribution >= 0.6 is 11.3 Å². The highest BCUT2D eigenvalue weighted by atomic mass is 32.2. The normalized spacial score (nSPS) is 10.8. The molecule has 2 aromatic rings. The molecule has 2 aromatic heterocycles. The molecule has 0 atom stereocenters. The molecule has 0 fully saturated rings. The van der Waals surface area contributed by atoms with Crippen molar-refractivity contribution in [3.63, 3.8) is 0 Å². The van der Waals surface area contributed by atoms with Crippen LogP contribution in [0, 0.1) is 11.3 Å². The lowest BCUT2D eigenvalue weighted by Crippen LogP contribution is -2.12. The van der Waals surface area contributed by atoms with Gasteiger partial charge in [0.25, 0.3) is 10.0 Å². The second-order valence-electron chi connectivity index (χ2n) is 3.05. The van der Waals surface area contributed by atoms with E-state index < -0.39 is 10.0 Å². The Morgan fingerprint density at radius 2 is 2.12 bits per heavy atom. The first kappa shape index (κ1) is 11.6. The number of anilines is 1. The number of rotatable bonds is 3. The number of nitriles is 1. The zero-order valence-corrected chi connectivity index (χ0v) is 10.1. The monoisotopic (exact) mass is 265 g/mol. The predicted molar refractivity (Wildman–Crippen MR) is 64.1 cm³/mol. The molecule has 0 bridgehead atoms. The quantitative estimate of drug-likeness (QED) is 0.917. The van der Waals surface area contributed by atoms with E-state index in [-0.39, 0.29) is 10.0 Å². The fourth-order valence-electron chi connectivity index (χ4n) is 1.14. The maximum atomic E-state index is 11.9. The van der Waals surface area contributed by atoms with Gasteiger partial charge < -0.3 is 0 Å². The van der Waals surface area contributed by atoms with Gasteiger partial charge in [-0.2, -0.15) is 5.26 Å². The van der Waals surface area contributed by atoms with Crippen LogP contribution in [0.2, 0.25) is 0 Å². The van der Waals surface area contributed by atoms with E-state index in [9.17, 15) is 8.42 Å². The minimum atomic E-state index is -3.65. The number of pyridine rings is 1. The molecule has 0 amide bonds. The summed E-state index contributed by atoms with van der Waals surface area (Å²) in [5.74, 6) is 0.249. The van der Waals surface area contributed by atoms with Crippen molar-refractivity contribution in [3.8, 4) is 6.07 Å². The molecule has 0 radical (unpaired) electrons. The van der Waals surface area contributed by atoms with E-state index in [0.717, 1.165) is 11.3 Å². The summed E-state index contributed by atoms with van der Waals surface area (Å²) in [5.41, 5.74) is 0. The van der Waals surface area contributed by atoms with Crippen molar-refractivity contribution in [2.24, 2.45) is 0 Å². The molecule has 0 aliphatic rings. The van der Waals surface area contributed by atoms with Gasteiger partial charge in [0, 0.05) is 6.20 Å². The third kappa shape index (κ3) is 2.61. The third-order valence-electron chi connectivity index (χ3n) is 1.86. The Hall–Kier alpha value is -1.91. The maximum absolute atomic E-state index is 11.9. The van der Waals surface area contributed by atoms with Crippen LogP contribution in [0.3, 0.4) is 0 Å². The van der Waals surface area contributed by atoms with Gasteiger partial charge >= 0.3 is 0 Å². The van der Waals surface area contributed by atoms with E-state index >= 15 is 0 Å². The summed E-state index contributed by atoms with van der Waals surface area (Å²) >= 11 is 0.920. The minimum Gasteiger partial charge on any atom is -0.263 e. The van der Waals surface area contributed by atoms with Crippen LogP contribution in [0.5, 0.6) is 0 Å². The van der Waals surface area contributed by atoms with E-state index in [1.165, 1.54) is 18.3 Å². The van der Waals surface area contributed by atoms with Crippen molar-refractivity contribution in [3.05, 3.63) is 41.4 Å². The molecule has 1 N–H and O–H groups in total. The lowest BCUT2D eigenvalue weighted by Gasteiger charge is -2.03. The van der Waals surface area contributed by atoms with E-state index in [2.05, 4.69) is 9.71 Å². The van der Waals surface area contributed by atoms with Crippen molar-refractivity contribution in [1.82, 2.24) is 4.98 Å². The fraction of sp³-hybridized carbons (Fsp3) is 0. The van der Waals surface area contributed by atoms with E-state index in [0.29, 0.717) is 4.88 Å². The van der Waals surface area contributed by atoms with Crippen LogP contribution in [-0.4, -0.2) is 13.4 Å². The highest BCUT2D eigenvalue weighted by molar-refractivity contribution is 7.94. The van der Waals surface area contributed by atoms with Crippen LogP contribution < -0.4 is 4.72 Å². The number of nitrogens with zero attached hydrogens (tertiary/aromatic N) is 2. The Kier molecular flexibility index (Phi) is 3.08. The number of thiophene rings is 1.